The van der Waals surface area contributed by atoms with Crippen molar-refractivity contribution in [3.63, 3.8) is 0 Å². The molecule has 0 atom stereocenters. The summed E-state index contributed by atoms with van der Waals surface area (Å²) in [4.78, 5) is 4.42. The lowest BCUT2D eigenvalue weighted by atomic mass is 9.97. The number of pyridine rings is 1. The van der Waals surface area contributed by atoms with Gasteiger partial charge in [-0.15, -0.1) is 0 Å². The van der Waals surface area contributed by atoms with Gasteiger partial charge in [-0.25, -0.2) is 4.98 Å². The van der Waals surface area contributed by atoms with Crippen molar-refractivity contribution in [2.45, 2.75) is 0 Å². The van der Waals surface area contributed by atoms with Crippen LogP contribution in [-0.4, -0.2) is 33.4 Å². The molecule has 0 aliphatic heterocycles. The van der Waals surface area contributed by atoms with E-state index >= 15 is 0 Å². The van der Waals surface area contributed by atoms with Crippen LogP contribution in [0.15, 0.2) is 42.5 Å². The van der Waals surface area contributed by atoms with E-state index in [0.717, 1.165) is 5.56 Å². The van der Waals surface area contributed by atoms with Crippen LogP contribution in [-0.2, 0) is 0 Å². The summed E-state index contributed by atoms with van der Waals surface area (Å²) < 4.78 is 21.8. The summed E-state index contributed by atoms with van der Waals surface area (Å²) >= 11 is 0. The Kier molecular flexibility index (Phi) is 5.74. The number of hydrogen-bond acceptors (Lipinski definition) is 7. The number of aromatic nitrogens is 1. The zero-order chi connectivity index (χ0) is 21.0. The molecule has 0 bridgehead atoms. The van der Waals surface area contributed by atoms with Crippen molar-refractivity contribution < 1.29 is 18.9 Å². The van der Waals surface area contributed by atoms with Crippen molar-refractivity contribution in [1.82, 2.24) is 4.98 Å². The average molecular weight is 391 g/mol. The summed E-state index contributed by atoms with van der Waals surface area (Å²) in [7, 11) is 6.22. The molecule has 0 saturated heterocycles. The summed E-state index contributed by atoms with van der Waals surface area (Å²) in [6, 6.07) is 14.8. The summed E-state index contributed by atoms with van der Waals surface area (Å²) in [5.74, 6) is 2.29. The van der Waals surface area contributed by atoms with E-state index in [0.29, 0.717) is 39.8 Å². The second kappa shape index (κ2) is 8.40. The van der Waals surface area contributed by atoms with Gasteiger partial charge >= 0.3 is 0 Å². The van der Waals surface area contributed by atoms with E-state index in [1.807, 2.05) is 24.3 Å². The van der Waals surface area contributed by atoms with Crippen molar-refractivity contribution in [3.05, 3.63) is 48.0 Å². The molecule has 0 amide bonds. The highest BCUT2D eigenvalue weighted by Gasteiger charge is 2.20. The molecule has 1 heterocycles. The van der Waals surface area contributed by atoms with Crippen molar-refractivity contribution in [2.24, 2.45) is 0 Å². The molecule has 7 heteroatoms. The van der Waals surface area contributed by atoms with Gasteiger partial charge in [0.15, 0.2) is 11.5 Å². The molecular formula is C22H21N3O4. The van der Waals surface area contributed by atoms with Gasteiger partial charge in [0.2, 0.25) is 0 Å². The topological polar surface area (TPSA) is 99.6 Å². The van der Waals surface area contributed by atoms with E-state index in [9.17, 15) is 5.26 Å². The van der Waals surface area contributed by atoms with E-state index in [2.05, 4.69) is 11.1 Å². The lowest BCUT2D eigenvalue weighted by Gasteiger charge is -2.17. The van der Waals surface area contributed by atoms with E-state index in [4.69, 9.17) is 24.7 Å². The standard InChI is InChI=1S/C22H21N3O4/c1-26-18-8-6-5-7-13(18)17-9-14(16(12-23)22(24)25-17)15-10-20(28-3)21(29-4)11-19(15)27-2/h5-11H,1-4H3,(H2,24,25). The van der Waals surface area contributed by atoms with Gasteiger partial charge in [-0.05, 0) is 24.3 Å². The molecule has 0 fully saturated rings. The number of nitriles is 1. The molecule has 0 aliphatic carbocycles. The Morgan fingerprint density at radius 1 is 0.759 bits per heavy atom. The number of nitrogens with zero attached hydrogens (tertiary/aromatic N) is 2. The maximum Gasteiger partial charge on any atom is 0.164 e. The number of nitrogen functional groups attached to an aromatic ring is 1. The van der Waals surface area contributed by atoms with Crippen LogP contribution in [0.2, 0.25) is 0 Å². The van der Waals surface area contributed by atoms with Gasteiger partial charge in [0.1, 0.15) is 28.9 Å². The number of methoxy groups -OCH3 is 4. The fourth-order valence-corrected chi connectivity index (χ4v) is 3.13. The van der Waals surface area contributed by atoms with Gasteiger partial charge in [-0.2, -0.15) is 5.26 Å². The summed E-state index contributed by atoms with van der Waals surface area (Å²) in [5, 5.41) is 9.72. The first kappa shape index (κ1) is 19.8. The molecule has 3 rings (SSSR count). The predicted molar refractivity (Wildman–Crippen MR) is 110 cm³/mol. The zero-order valence-corrected chi connectivity index (χ0v) is 16.6. The highest BCUT2D eigenvalue weighted by molar-refractivity contribution is 5.85. The smallest absolute Gasteiger partial charge is 0.164 e. The molecule has 0 aliphatic rings. The zero-order valence-electron chi connectivity index (χ0n) is 16.6. The van der Waals surface area contributed by atoms with Gasteiger partial charge in [0.25, 0.3) is 0 Å². The largest absolute Gasteiger partial charge is 0.496 e. The van der Waals surface area contributed by atoms with Crippen LogP contribution in [0.3, 0.4) is 0 Å². The number of anilines is 1. The Balaban J connectivity index is 2.33. The SMILES string of the molecule is COc1cc(OC)c(-c2cc(-c3ccccc3OC)nc(N)c2C#N)cc1OC. The third-order valence-corrected chi connectivity index (χ3v) is 4.54. The Morgan fingerprint density at radius 2 is 1.38 bits per heavy atom. The van der Waals surface area contributed by atoms with Gasteiger partial charge < -0.3 is 24.7 Å². The fourth-order valence-electron chi connectivity index (χ4n) is 3.13. The molecular weight excluding hydrogens is 370 g/mol. The third-order valence-electron chi connectivity index (χ3n) is 4.54. The maximum atomic E-state index is 9.72. The normalized spacial score (nSPS) is 10.2. The van der Waals surface area contributed by atoms with Crippen LogP contribution in [0.4, 0.5) is 5.82 Å². The lowest BCUT2D eigenvalue weighted by Crippen LogP contribution is -2.02. The molecule has 29 heavy (non-hydrogen) atoms. The van der Waals surface area contributed by atoms with Crippen LogP contribution >= 0.6 is 0 Å². The molecule has 1 aromatic heterocycles. The quantitative estimate of drug-likeness (QED) is 0.680. The number of benzene rings is 2. The molecule has 2 N–H and O–H groups in total. The van der Waals surface area contributed by atoms with Gasteiger partial charge in [0.05, 0.1) is 34.1 Å². The molecule has 0 unspecified atom stereocenters. The molecule has 0 radical (unpaired) electrons. The Morgan fingerprint density at radius 3 is 2.00 bits per heavy atom. The van der Waals surface area contributed by atoms with Crippen molar-refractivity contribution in [1.29, 1.82) is 5.26 Å². The van der Waals surface area contributed by atoms with Gasteiger partial charge in [-0.1, -0.05) is 12.1 Å². The van der Waals surface area contributed by atoms with Crippen LogP contribution in [0.1, 0.15) is 5.56 Å². The first-order valence-corrected chi connectivity index (χ1v) is 8.72. The number of hydrogen-bond donors (Lipinski definition) is 1. The Bertz CT molecular complexity index is 1090. The van der Waals surface area contributed by atoms with Crippen molar-refractivity contribution >= 4 is 5.82 Å². The molecule has 2 aromatic carbocycles. The lowest BCUT2D eigenvalue weighted by molar-refractivity contribution is 0.349. The van der Waals surface area contributed by atoms with Crippen LogP contribution in [0.5, 0.6) is 23.0 Å². The third kappa shape index (κ3) is 3.60. The number of nitrogens with two attached hydrogens (primary N) is 1. The fraction of sp³-hybridized carbons (Fsp3) is 0.182. The highest BCUT2D eigenvalue weighted by atomic mass is 16.5. The minimum atomic E-state index is 0.114. The van der Waals surface area contributed by atoms with Crippen molar-refractivity contribution in [3.8, 4) is 51.5 Å². The van der Waals surface area contributed by atoms with E-state index in [1.54, 1.807) is 46.6 Å². The Labute approximate surface area is 169 Å². The Hall–Kier alpha value is -3.92. The molecule has 3 aromatic rings. The predicted octanol–water partition coefficient (Wildman–Crippen LogP) is 3.90. The maximum absolute atomic E-state index is 9.72. The van der Waals surface area contributed by atoms with E-state index in [-0.39, 0.29) is 11.4 Å². The molecule has 0 saturated carbocycles. The number of para-hydroxylation sites is 1. The molecule has 0 spiro atoms. The monoisotopic (exact) mass is 391 g/mol. The first-order valence-electron chi connectivity index (χ1n) is 8.72. The average Bonchev–Trinajstić information content (AvgIpc) is 2.77. The second-order valence-corrected chi connectivity index (χ2v) is 6.03. The number of rotatable bonds is 6. The van der Waals surface area contributed by atoms with Gasteiger partial charge in [0, 0.05) is 22.8 Å². The summed E-state index contributed by atoms with van der Waals surface area (Å²) in [6.45, 7) is 0. The number of ether oxygens (including phenoxy) is 4. The summed E-state index contributed by atoms with van der Waals surface area (Å²) in [6.07, 6.45) is 0. The molecule has 7 nitrogen and oxygen atoms in total. The van der Waals surface area contributed by atoms with Crippen LogP contribution in [0, 0.1) is 11.3 Å². The molecule has 148 valence electrons. The summed E-state index contributed by atoms with van der Waals surface area (Å²) in [5.41, 5.74) is 8.92. The first-order chi connectivity index (χ1) is 14.1. The highest BCUT2D eigenvalue weighted by Crippen LogP contribution is 2.43. The second-order valence-electron chi connectivity index (χ2n) is 6.03. The van der Waals surface area contributed by atoms with E-state index in [1.165, 1.54) is 0 Å². The van der Waals surface area contributed by atoms with Crippen molar-refractivity contribution in [2.75, 3.05) is 34.2 Å². The van der Waals surface area contributed by atoms with Crippen LogP contribution in [0.25, 0.3) is 22.4 Å². The van der Waals surface area contributed by atoms with Crippen LogP contribution < -0.4 is 24.7 Å². The van der Waals surface area contributed by atoms with Gasteiger partial charge in [-0.3, -0.25) is 0 Å². The minimum Gasteiger partial charge on any atom is -0.496 e. The minimum absolute atomic E-state index is 0.114. The van der Waals surface area contributed by atoms with E-state index < -0.39 is 0 Å².